The van der Waals surface area contributed by atoms with Crippen LogP contribution in [-0.4, -0.2) is 48.9 Å². The molecule has 2 amide bonds. The molecule has 2 saturated heterocycles. The average Bonchev–Trinajstić information content (AvgIpc) is 3.18. The van der Waals surface area contributed by atoms with Crippen LogP contribution in [0.1, 0.15) is 51.9 Å². The minimum Gasteiger partial charge on any atom is -0.356 e. The number of hydrogen-bond donors (Lipinski definition) is 2. The van der Waals surface area contributed by atoms with Crippen LogP contribution in [0.5, 0.6) is 0 Å². The number of halogens is 1. The van der Waals surface area contributed by atoms with Crippen molar-refractivity contribution in [1.29, 1.82) is 0 Å². The molecular formula is C18H32ClN3O2. The second-order valence-corrected chi connectivity index (χ2v) is 7.80. The lowest BCUT2D eigenvalue weighted by Gasteiger charge is -2.33. The molecule has 2 unspecified atom stereocenters. The fourth-order valence-corrected chi connectivity index (χ4v) is 4.32. The highest BCUT2D eigenvalue weighted by molar-refractivity contribution is 5.89. The molecule has 3 aliphatic rings. The minimum absolute atomic E-state index is 0. The van der Waals surface area contributed by atoms with E-state index in [0.717, 1.165) is 44.8 Å². The summed E-state index contributed by atoms with van der Waals surface area (Å²) in [7, 11) is 0. The van der Waals surface area contributed by atoms with Crippen molar-refractivity contribution in [1.82, 2.24) is 15.5 Å². The number of amides is 2. The molecule has 0 aromatic rings. The van der Waals surface area contributed by atoms with Gasteiger partial charge < -0.3 is 15.5 Å². The van der Waals surface area contributed by atoms with Gasteiger partial charge >= 0.3 is 0 Å². The molecule has 3 rings (SSSR count). The van der Waals surface area contributed by atoms with Gasteiger partial charge in [-0.05, 0) is 63.5 Å². The monoisotopic (exact) mass is 357 g/mol. The largest absolute Gasteiger partial charge is 0.356 e. The van der Waals surface area contributed by atoms with Gasteiger partial charge in [-0.1, -0.05) is 6.92 Å². The lowest BCUT2D eigenvalue weighted by molar-refractivity contribution is -0.130. The zero-order chi connectivity index (χ0) is 16.2. The van der Waals surface area contributed by atoms with E-state index in [2.05, 4.69) is 17.6 Å². The Hall–Kier alpha value is -0.810. The Balaban J connectivity index is 0.00000208. The van der Waals surface area contributed by atoms with Crippen LogP contribution in [0, 0.1) is 17.8 Å². The van der Waals surface area contributed by atoms with Crippen molar-refractivity contribution in [2.24, 2.45) is 17.8 Å². The van der Waals surface area contributed by atoms with Crippen LogP contribution in [0.2, 0.25) is 0 Å². The summed E-state index contributed by atoms with van der Waals surface area (Å²) in [6, 6.07) is 0.376. The Kier molecular flexibility index (Phi) is 7.35. The first-order valence-electron chi connectivity index (χ1n) is 9.41. The van der Waals surface area contributed by atoms with Crippen molar-refractivity contribution in [3.63, 3.8) is 0 Å². The number of nitrogens with zero attached hydrogens (tertiary/aromatic N) is 1. The number of likely N-dealkylation sites (tertiary alicyclic amines) is 1. The van der Waals surface area contributed by atoms with Crippen molar-refractivity contribution in [2.45, 2.75) is 57.9 Å². The maximum Gasteiger partial charge on any atom is 0.225 e. The van der Waals surface area contributed by atoms with Crippen LogP contribution in [0.25, 0.3) is 0 Å². The topological polar surface area (TPSA) is 61.4 Å². The van der Waals surface area contributed by atoms with Crippen LogP contribution < -0.4 is 10.6 Å². The molecule has 2 aliphatic heterocycles. The van der Waals surface area contributed by atoms with Gasteiger partial charge in [-0.2, -0.15) is 0 Å². The molecule has 0 radical (unpaired) electrons. The van der Waals surface area contributed by atoms with Gasteiger partial charge in [0.2, 0.25) is 11.8 Å². The number of hydrogen-bond acceptors (Lipinski definition) is 3. The molecule has 0 bridgehead atoms. The van der Waals surface area contributed by atoms with Crippen molar-refractivity contribution in [3.05, 3.63) is 0 Å². The molecule has 6 heteroatoms. The highest BCUT2D eigenvalue weighted by Gasteiger charge is 2.38. The van der Waals surface area contributed by atoms with Gasteiger partial charge in [0.05, 0.1) is 5.92 Å². The summed E-state index contributed by atoms with van der Waals surface area (Å²) in [6.45, 7) is 5.85. The van der Waals surface area contributed by atoms with Crippen LogP contribution in [0.15, 0.2) is 0 Å². The lowest BCUT2D eigenvalue weighted by atomic mass is 9.87. The molecular weight excluding hydrogens is 326 g/mol. The standard InChI is InChI=1S/C18H31N3O2.ClH/c1-13-2-4-16(5-3-13)21-12-15(10-17(21)22)18(23)20-9-7-14-6-8-19-11-14;/h13-16,19H,2-12H2,1H3,(H,20,23);1H. The summed E-state index contributed by atoms with van der Waals surface area (Å²) in [5.41, 5.74) is 0. The van der Waals surface area contributed by atoms with Crippen LogP contribution in [0.4, 0.5) is 0 Å². The Labute approximate surface area is 151 Å². The first-order valence-corrected chi connectivity index (χ1v) is 9.41. The molecule has 1 saturated carbocycles. The fourth-order valence-electron chi connectivity index (χ4n) is 4.32. The molecule has 2 atom stereocenters. The third-order valence-corrected chi connectivity index (χ3v) is 5.97. The summed E-state index contributed by atoms with van der Waals surface area (Å²) in [5, 5.41) is 6.41. The van der Waals surface area contributed by atoms with E-state index in [1.54, 1.807) is 0 Å². The highest BCUT2D eigenvalue weighted by atomic mass is 35.5. The average molecular weight is 358 g/mol. The van der Waals surface area contributed by atoms with Gasteiger partial charge in [0, 0.05) is 25.6 Å². The van der Waals surface area contributed by atoms with E-state index < -0.39 is 0 Å². The lowest BCUT2D eigenvalue weighted by Crippen LogP contribution is -2.40. The third kappa shape index (κ3) is 4.85. The molecule has 2 N–H and O–H groups in total. The van der Waals surface area contributed by atoms with Crippen LogP contribution in [-0.2, 0) is 9.59 Å². The quantitative estimate of drug-likeness (QED) is 0.790. The Morgan fingerprint density at radius 1 is 1.25 bits per heavy atom. The van der Waals surface area contributed by atoms with E-state index in [9.17, 15) is 9.59 Å². The number of nitrogens with one attached hydrogen (secondary N) is 2. The molecule has 3 fully saturated rings. The van der Waals surface area contributed by atoms with Crippen molar-refractivity contribution in [2.75, 3.05) is 26.2 Å². The summed E-state index contributed by atoms with van der Waals surface area (Å²) < 4.78 is 0. The molecule has 2 heterocycles. The van der Waals surface area contributed by atoms with E-state index in [0.29, 0.717) is 24.9 Å². The van der Waals surface area contributed by atoms with E-state index in [1.165, 1.54) is 19.3 Å². The SMILES string of the molecule is CC1CCC(N2CC(C(=O)NCCC3CCNC3)CC2=O)CC1.Cl. The highest BCUT2D eigenvalue weighted by Crippen LogP contribution is 2.31. The Morgan fingerprint density at radius 2 is 2.00 bits per heavy atom. The van der Waals surface area contributed by atoms with E-state index in [-0.39, 0.29) is 30.1 Å². The molecule has 138 valence electrons. The maximum absolute atomic E-state index is 12.3. The van der Waals surface area contributed by atoms with Gasteiger partial charge in [0.15, 0.2) is 0 Å². The fraction of sp³-hybridized carbons (Fsp3) is 0.889. The van der Waals surface area contributed by atoms with Gasteiger partial charge in [-0.15, -0.1) is 12.4 Å². The molecule has 24 heavy (non-hydrogen) atoms. The van der Waals surface area contributed by atoms with Crippen LogP contribution in [0.3, 0.4) is 0 Å². The van der Waals surface area contributed by atoms with E-state index >= 15 is 0 Å². The van der Waals surface area contributed by atoms with Crippen molar-refractivity contribution < 1.29 is 9.59 Å². The third-order valence-electron chi connectivity index (χ3n) is 5.97. The first-order chi connectivity index (χ1) is 11.1. The normalized spacial score (nSPS) is 33.4. The van der Waals surface area contributed by atoms with Gasteiger partial charge in [-0.3, -0.25) is 9.59 Å². The predicted octanol–water partition coefficient (Wildman–Crippen LogP) is 1.95. The van der Waals surface area contributed by atoms with Gasteiger partial charge in [0.1, 0.15) is 0 Å². The predicted molar refractivity (Wildman–Crippen MR) is 97.1 cm³/mol. The molecule has 0 aromatic carbocycles. The van der Waals surface area contributed by atoms with Gasteiger partial charge in [-0.25, -0.2) is 0 Å². The number of carbonyl (C=O) groups is 2. The second kappa shape index (κ2) is 9.04. The van der Waals surface area contributed by atoms with Gasteiger partial charge in [0.25, 0.3) is 0 Å². The van der Waals surface area contributed by atoms with Crippen molar-refractivity contribution >= 4 is 24.2 Å². The zero-order valence-corrected chi connectivity index (χ0v) is 15.6. The molecule has 1 aliphatic carbocycles. The maximum atomic E-state index is 12.3. The summed E-state index contributed by atoms with van der Waals surface area (Å²) in [4.78, 5) is 26.6. The van der Waals surface area contributed by atoms with E-state index in [4.69, 9.17) is 0 Å². The summed E-state index contributed by atoms with van der Waals surface area (Å²) in [6.07, 6.45) is 7.30. The van der Waals surface area contributed by atoms with Crippen molar-refractivity contribution in [3.8, 4) is 0 Å². The Morgan fingerprint density at radius 3 is 2.67 bits per heavy atom. The first kappa shape index (κ1) is 19.5. The second-order valence-electron chi connectivity index (χ2n) is 7.80. The minimum atomic E-state index is -0.136. The number of carbonyl (C=O) groups excluding carboxylic acids is 2. The summed E-state index contributed by atoms with van der Waals surface area (Å²) in [5.74, 6) is 1.61. The smallest absolute Gasteiger partial charge is 0.225 e. The summed E-state index contributed by atoms with van der Waals surface area (Å²) >= 11 is 0. The van der Waals surface area contributed by atoms with Crippen LogP contribution >= 0.6 is 12.4 Å². The molecule has 5 nitrogen and oxygen atoms in total. The molecule has 0 aromatic heterocycles. The number of rotatable bonds is 5. The zero-order valence-electron chi connectivity index (χ0n) is 14.8. The Bertz CT molecular complexity index is 432. The molecule has 0 spiro atoms. The van der Waals surface area contributed by atoms with E-state index in [1.807, 2.05) is 4.90 Å².